The third-order valence-corrected chi connectivity index (χ3v) is 5.17. The highest BCUT2D eigenvalue weighted by molar-refractivity contribution is 14.1. The van der Waals surface area contributed by atoms with Gasteiger partial charge in [-0.1, -0.05) is 42.5 Å². The summed E-state index contributed by atoms with van der Waals surface area (Å²) in [6.45, 7) is 1.16. The molecule has 1 fully saturated rings. The number of nitrogens with one attached hydrogen (secondary N) is 1. The topological polar surface area (TPSA) is 49.4 Å². The van der Waals surface area contributed by atoms with Crippen LogP contribution in [0.4, 0.5) is 5.69 Å². The van der Waals surface area contributed by atoms with Gasteiger partial charge in [-0.2, -0.15) is 0 Å². The van der Waals surface area contributed by atoms with E-state index in [1.165, 1.54) is 5.56 Å². The molecule has 124 valence electrons. The minimum Gasteiger partial charge on any atom is -0.342 e. The third-order valence-electron chi connectivity index (χ3n) is 4.23. The van der Waals surface area contributed by atoms with E-state index in [0.717, 1.165) is 15.7 Å². The van der Waals surface area contributed by atoms with Crippen molar-refractivity contribution in [1.29, 1.82) is 0 Å². The Labute approximate surface area is 155 Å². The summed E-state index contributed by atoms with van der Waals surface area (Å²) < 4.78 is 0.994. The van der Waals surface area contributed by atoms with E-state index in [1.54, 1.807) is 4.90 Å². The minimum absolute atomic E-state index is 0.0637. The van der Waals surface area contributed by atoms with Crippen LogP contribution in [0.25, 0.3) is 0 Å². The van der Waals surface area contributed by atoms with Crippen molar-refractivity contribution >= 4 is 40.1 Å². The Morgan fingerprint density at radius 3 is 2.58 bits per heavy atom. The predicted octanol–water partition coefficient (Wildman–Crippen LogP) is 3.32. The van der Waals surface area contributed by atoms with E-state index in [2.05, 4.69) is 40.0 Å². The Hall–Kier alpha value is -1.89. The molecule has 1 heterocycles. The molecule has 1 saturated heterocycles. The van der Waals surface area contributed by atoms with Gasteiger partial charge in [0.1, 0.15) is 0 Å². The normalized spacial score (nSPS) is 17.1. The van der Waals surface area contributed by atoms with Gasteiger partial charge in [0.25, 0.3) is 0 Å². The van der Waals surface area contributed by atoms with Gasteiger partial charge in [-0.05, 0) is 46.7 Å². The smallest absolute Gasteiger partial charge is 0.229 e. The highest BCUT2D eigenvalue weighted by atomic mass is 127. The molecule has 0 saturated carbocycles. The lowest BCUT2D eigenvalue weighted by Gasteiger charge is -2.16. The molecule has 0 bridgehead atoms. The first-order chi connectivity index (χ1) is 11.6. The Bertz CT molecular complexity index is 733. The van der Waals surface area contributed by atoms with E-state index in [4.69, 9.17) is 0 Å². The highest BCUT2D eigenvalue weighted by Gasteiger charge is 2.34. The van der Waals surface area contributed by atoms with Crippen molar-refractivity contribution in [1.82, 2.24) is 4.90 Å². The predicted molar refractivity (Wildman–Crippen MR) is 103 cm³/mol. The Morgan fingerprint density at radius 1 is 1.12 bits per heavy atom. The quantitative estimate of drug-likeness (QED) is 0.735. The largest absolute Gasteiger partial charge is 0.342 e. The van der Waals surface area contributed by atoms with Crippen molar-refractivity contribution in [3.63, 3.8) is 0 Å². The number of carbonyl (C=O) groups is 2. The summed E-state index contributed by atoms with van der Waals surface area (Å²) in [6, 6.07) is 17.7. The first-order valence-corrected chi connectivity index (χ1v) is 9.08. The maximum absolute atomic E-state index is 12.4. The molecular formula is C19H19IN2O2. The summed E-state index contributed by atoms with van der Waals surface area (Å²) in [6.07, 6.45) is 1.11. The number of nitrogens with zero attached hydrogens (tertiary/aromatic N) is 1. The van der Waals surface area contributed by atoms with Crippen LogP contribution in [-0.2, 0) is 16.0 Å². The summed E-state index contributed by atoms with van der Waals surface area (Å²) in [5, 5.41) is 2.94. The number of carbonyl (C=O) groups excluding carboxylic acids is 2. The number of halogens is 1. The van der Waals surface area contributed by atoms with Gasteiger partial charge in [-0.25, -0.2) is 0 Å². The van der Waals surface area contributed by atoms with Crippen molar-refractivity contribution in [2.24, 2.45) is 5.92 Å². The van der Waals surface area contributed by atoms with E-state index in [-0.39, 0.29) is 17.7 Å². The fourth-order valence-corrected chi connectivity index (χ4v) is 3.39. The SMILES string of the molecule is O=C(Nc1ccccc1I)C1CC(=O)N(CCc2ccccc2)C1. The molecular weight excluding hydrogens is 415 g/mol. The molecule has 4 nitrogen and oxygen atoms in total. The number of anilines is 1. The lowest BCUT2D eigenvalue weighted by atomic mass is 10.1. The van der Waals surface area contributed by atoms with Gasteiger partial charge < -0.3 is 10.2 Å². The molecule has 2 amide bonds. The summed E-state index contributed by atoms with van der Waals surface area (Å²) >= 11 is 2.19. The standard InChI is InChI=1S/C19H19IN2O2/c20-16-8-4-5-9-17(16)21-19(24)15-12-18(23)22(13-15)11-10-14-6-2-1-3-7-14/h1-9,15H,10-13H2,(H,21,24). The van der Waals surface area contributed by atoms with Crippen LogP contribution in [0.5, 0.6) is 0 Å². The van der Waals surface area contributed by atoms with Gasteiger partial charge in [0.15, 0.2) is 0 Å². The second-order valence-corrected chi connectivity index (χ2v) is 7.11. The van der Waals surface area contributed by atoms with Crippen LogP contribution in [-0.4, -0.2) is 29.8 Å². The average Bonchev–Trinajstić information content (AvgIpc) is 2.97. The number of para-hydroxylation sites is 1. The average molecular weight is 434 g/mol. The van der Waals surface area contributed by atoms with Crippen LogP contribution in [0.1, 0.15) is 12.0 Å². The summed E-state index contributed by atoms with van der Waals surface area (Å²) in [5.41, 5.74) is 2.01. The van der Waals surface area contributed by atoms with Crippen molar-refractivity contribution in [3.8, 4) is 0 Å². The zero-order valence-electron chi connectivity index (χ0n) is 13.2. The molecule has 0 radical (unpaired) electrons. The molecule has 5 heteroatoms. The van der Waals surface area contributed by atoms with Crippen LogP contribution in [0.3, 0.4) is 0 Å². The van der Waals surface area contributed by atoms with Crippen molar-refractivity contribution < 1.29 is 9.59 Å². The maximum atomic E-state index is 12.4. The van der Waals surface area contributed by atoms with E-state index < -0.39 is 0 Å². The summed E-state index contributed by atoms with van der Waals surface area (Å²) in [5.74, 6) is -0.284. The Balaban J connectivity index is 1.56. The van der Waals surface area contributed by atoms with Gasteiger partial charge >= 0.3 is 0 Å². The van der Waals surface area contributed by atoms with Crippen LogP contribution in [0.15, 0.2) is 54.6 Å². The fraction of sp³-hybridized carbons (Fsp3) is 0.263. The molecule has 0 aliphatic carbocycles. The van der Waals surface area contributed by atoms with Gasteiger partial charge in [-0.15, -0.1) is 0 Å². The van der Waals surface area contributed by atoms with Gasteiger partial charge in [-0.3, -0.25) is 9.59 Å². The molecule has 1 N–H and O–H groups in total. The second-order valence-electron chi connectivity index (χ2n) is 5.95. The molecule has 3 rings (SSSR count). The summed E-state index contributed by atoms with van der Waals surface area (Å²) in [7, 11) is 0. The van der Waals surface area contributed by atoms with Gasteiger partial charge in [0.2, 0.25) is 11.8 Å². The fourth-order valence-electron chi connectivity index (χ4n) is 2.87. The molecule has 0 spiro atoms. The van der Waals surface area contributed by atoms with E-state index in [9.17, 15) is 9.59 Å². The van der Waals surface area contributed by atoms with Gasteiger partial charge in [0.05, 0.1) is 11.6 Å². The highest BCUT2D eigenvalue weighted by Crippen LogP contribution is 2.22. The van der Waals surface area contributed by atoms with E-state index >= 15 is 0 Å². The molecule has 24 heavy (non-hydrogen) atoms. The third kappa shape index (κ3) is 4.14. The number of likely N-dealkylation sites (tertiary alicyclic amines) is 1. The molecule has 1 atom stereocenters. The molecule has 0 aromatic heterocycles. The van der Waals surface area contributed by atoms with Gasteiger partial charge in [0, 0.05) is 23.1 Å². The zero-order chi connectivity index (χ0) is 16.9. The lowest BCUT2D eigenvalue weighted by molar-refractivity contribution is -0.128. The molecule has 2 aromatic carbocycles. The first kappa shape index (κ1) is 17.0. The Morgan fingerprint density at radius 2 is 1.83 bits per heavy atom. The molecule has 1 aliphatic heterocycles. The second kappa shape index (κ2) is 7.79. The van der Waals surface area contributed by atoms with E-state index in [0.29, 0.717) is 19.5 Å². The van der Waals surface area contributed by atoms with Crippen molar-refractivity contribution in [3.05, 3.63) is 63.7 Å². The number of rotatable bonds is 5. The Kier molecular flexibility index (Phi) is 5.50. The van der Waals surface area contributed by atoms with Crippen molar-refractivity contribution in [2.45, 2.75) is 12.8 Å². The van der Waals surface area contributed by atoms with Crippen LogP contribution in [0.2, 0.25) is 0 Å². The molecule has 1 unspecified atom stereocenters. The number of amides is 2. The molecule has 2 aromatic rings. The number of hydrogen-bond acceptors (Lipinski definition) is 2. The zero-order valence-corrected chi connectivity index (χ0v) is 15.4. The first-order valence-electron chi connectivity index (χ1n) is 8.00. The monoisotopic (exact) mass is 434 g/mol. The van der Waals surface area contributed by atoms with Crippen LogP contribution >= 0.6 is 22.6 Å². The van der Waals surface area contributed by atoms with Crippen LogP contribution in [0, 0.1) is 9.49 Å². The van der Waals surface area contributed by atoms with Crippen molar-refractivity contribution in [2.75, 3.05) is 18.4 Å². The minimum atomic E-state index is -0.274. The van der Waals surface area contributed by atoms with Crippen LogP contribution < -0.4 is 5.32 Å². The summed E-state index contributed by atoms with van der Waals surface area (Å²) in [4.78, 5) is 26.4. The maximum Gasteiger partial charge on any atom is 0.229 e. The van der Waals surface area contributed by atoms with E-state index in [1.807, 2.05) is 42.5 Å². The number of hydrogen-bond donors (Lipinski definition) is 1. The lowest BCUT2D eigenvalue weighted by Crippen LogP contribution is -2.30. The number of benzene rings is 2. The molecule has 1 aliphatic rings.